The second-order valence-electron chi connectivity index (χ2n) is 3.85. The third-order valence-corrected chi connectivity index (χ3v) is 2.71. The molecule has 0 aliphatic carbocycles. The highest BCUT2D eigenvalue weighted by Gasteiger charge is 2.12. The molecule has 0 amide bonds. The van der Waals surface area contributed by atoms with Gasteiger partial charge in [0.15, 0.2) is 5.82 Å². The van der Waals surface area contributed by atoms with Gasteiger partial charge in [0.05, 0.1) is 11.6 Å². The van der Waals surface area contributed by atoms with Crippen LogP contribution in [0.1, 0.15) is 13.8 Å². The number of anilines is 1. The number of rotatable bonds is 5. The first-order chi connectivity index (χ1) is 9.63. The van der Waals surface area contributed by atoms with Crippen LogP contribution in [-0.2, 0) is 0 Å². The smallest absolute Gasteiger partial charge is 0.321 e. The highest BCUT2D eigenvalue weighted by atomic mass is 35.5. The summed E-state index contributed by atoms with van der Waals surface area (Å²) in [6.07, 6.45) is 0. The van der Waals surface area contributed by atoms with Crippen molar-refractivity contribution >= 4 is 17.5 Å². The first-order valence-electron chi connectivity index (χ1n) is 6.22. The molecule has 1 heterocycles. The van der Waals surface area contributed by atoms with Crippen molar-refractivity contribution in [2.24, 2.45) is 0 Å². The first-order valence-corrected chi connectivity index (χ1v) is 6.60. The Labute approximate surface area is 121 Å². The molecule has 5 nitrogen and oxygen atoms in total. The molecule has 2 aromatic rings. The maximum Gasteiger partial charge on any atom is 0.321 e. The van der Waals surface area contributed by atoms with E-state index in [0.717, 1.165) is 0 Å². The average molecular weight is 297 g/mol. The van der Waals surface area contributed by atoms with Crippen LogP contribution in [0, 0.1) is 5.82 Å². The fourth-order valence-electron chi connectivity index (χ4n) is 1.58. The monoisotopic (exact) mass is 296 g/mol. The van der Waals surface area contributed by atoms with Gasteiger partial charge < -0.3 is 10.1 Å². The normalized spacial score (nSPS) is 10.4. The van der Waals surface area contributed by atoms with Crippen LogP contribution < -0.4 is 10.1 Å². The van der Waals surface area contributed by atoms with E-state index in [1.165, 1.54) is 18.2 Å². The van der Waals surface area contributed by atoms with Crippen molar-refractivity contribution in [1.29, 1.82) is 0 Å². The number of hydrogen-bond acceptors (Lipinski definition) is 5. The van der Waals surface area contributed by atoms with Gasteiger partial charge in [0.25, 0.3) is 0 Å². The van der Waals surface area contributed by atoms with Crippen LogP contribution >= 0.6 is 11.6 Å². The van der Waals surface area contributed by atoms with Crippen molar-refractivity contribution in [1.82, 2.24) is 15.0 Å². The molecule has 1 aromatic carbocycles. The van der Waals surface area contributed by atoms with E-state index in [-0.39, 0.29) is 11.0 Å². The summed E-state index contributed by atoms with van der Waals surface area (Å²) >= 11 is 6.02. The minimum Gasteiger partial charge on any atom is -0.464 e. The molecule has 0 aliphatic rings. The Morgan fingerprint density at radius 2 is 2.05 bits per heavy atom. The summed E-state index contributed by atoms with van der Waals surface area (Å²) < 4.78 is 18.4. The second-order valence-corrected chi connectivity index (χ2v) is 4.26. The number of benzene rings is 1. The molecule has 20 heavy (non-hydrogen) atoms. The van der Waals surface area contributed by atoms with E-state index in [0.29, 0.717) is 30.5 Å². The molecule has 2 rings (SSSR count). The van der Waals surface area contributed by atoms with Crippen LogP contribution in [0.2, 0.25) is 5.02 Å². The summed E-state index contributed by atoms with van der Waals surface area (Å²) in [5, 5.41) is 3.23. The molecule has 0 atom stereocenters. The number of ether oxygens (including phenoxy) is 1. The van der Waals surface area contributed by atoms with E-state index in [1.54, 1.807) is 0 Å². The molecule has 0 fully saturated rings. The molecule has 1 N–H and O–H groups in total. The SMILES string of the molecule is CCNc1nc(OCC)nc(-c2ccc(F)cc2Cl)n1. The summed E-state index contributed by atoms with van der Waals surface area (Å²) in [7, 11) is 0. The lowest BCUT2D eigenvalue weighted by Crippen LogP contribution is -2.07. The highest BCUT2D eigenvalue weighted by molar-refractivity contribution is 6.33. The van der Waals surface area contributed by atoms with Gasteiger partial charge in [-0.3, -0.25) is 0 Å². The van der Waals surface area contributed by atoms with E-state index >= 15 is 0 Å². The van der Waals surface area contributed by atoms with Gasteiger partial charge in [-0.25, -0.2) is 4.39 Å². The van der Waals surface area contributed by atoms with Gasteiger partial charge >= 0.3 is 6.01 Å². The molecule has 7 heteroatoms. The molecular formula is C13H14ClFN4O. The van der Waals surface area contributed by atoms with Crippen LogP contribution in [0.5, 0.6) is 6.01 Å². The largest absolute Gasteiger partial charge is 0.464 e. The number of aromatic nitrogens is 3. The molecule has 0 aliphatic heterocycles. The fraction of sp³-hybridized carbons (Fsp3) is 0.308. The Bertz CT molecular complexity index is 585. The van der Waals surface area contributed by atoms with Gasteiger partial charge in [-0.15, -0.1) is 0 Å². The van der Waals surface area contributed by atoms with E-state index < -0.39 is 5.82 Å². The van der Waals surface area contributed by atoms with Crippen molar-refractivity contribution in [3.05, 3.63) is 29.0 Å². The second kappa shape index (κ2) is 6.47. The molecule has 1 aromatic heterocycles. The lowest BCUT2D eigenvalue weighted by atomic mass is 10.2. The predicted molar refractivity (Wildman–Crippen MR) is 75.6 cm³/mol. The van der Waals surface area contributed by atoms with E-state index in [4.69, 9.17) is 16.3 Å². The van der Waals surface area contributed by atoms with Gasteiger partial charge in [0.1, 0.15) is 5.82 Å². The molecule has 0 saturated heterocycles. The minimum atomic E-state index is -0.412. The number of nitrogens with zero attached hydrogens (tertiary/aromatic N) is 3. The van der Waals surface area contributed by atoms with Gasteiger partial charge in [0, 0.05) is 12.1 Å². The van der Waals surface area contributed by atoms with Crippen molar-refractivity contribution < 1.29 is 9.13 Å². The van der Waals surface area contributed by atoms with E-state index in [9.17, 15) is 4.39 Å². The van der Waals surface area contributed by atoms with Gasteiger partial charge in [-0.1, -0.05) is 11.6 Å². The van der Waals surface area contributed by atoms with Crippen molar-refractivity contribution in [2.45, 2.75) is 13.8 Å². The zero-order valence-corrected chi connectivity index (χ0v) is 11.9. The van der Waals surface area contributed by atoms with Gasteiger partial charge in [0.2, 0.25) is 5.95 Å². The third kappa shape index (κ3) is 3.33. The zero-order valence-electron chi connectivity index (χ0n) is 11.2. The summed E-state index contributed by atoms with van der Waals surface area (Å²) in [6, 6.07) is 4.25. The Hall–Kier alpha value is -1.95. The first kappa shape index (κ1) is 14.5. The average Bonchev–Trinajstić information content (AvgIpc) is 2.39. The summed E-state index contributed by atoms with van der Waals surface area (Å²) in [5.74, 6) is 0.315. The summed E-state index contributed by atoms with van der Waals surface area (Å²) in [5.41, 5.74) is 0.524. The molecule has 0 spiro atoms. The lowest BCUT2D eigenvalue weighted by Gasteiger charge is -2.08. The predicted octanol–water partition coefficient (Wildman–Crippen LogP) is 3.16. The topological polar surface area (TPSA) is 59.9 Å². The fourth-order valence-corrected chi connectivity index (χ4v) is 1.83. The van der Waals surface area contributed by atoms with Crippen molar-refractivity contribution in [2.75, 3.05) is 18.5 Å². The molecule has 0 saturated carbocycles. The third-order valence-electron chi connectivity index (χ3n) is 2.40. The van der Waals surface area contributed by atoms with E-state index in [2.05, 4.69) is 20.3 Å². The van der Waals surface area contributed by atoms with Crippen LogP contribution in [0.25, 0.3) is 11.4 Å². The summed E-state index contributed by atoms with van der Waals surface area (Å²) in [4.78, 5) is 12.5. The number of nitrogens with one attached hydrogen (secondary N) is 1. The maximum atomic E-state index is 13.1. The Balaban J connectivity index is 2.48. The zero-order chi connectivity index (χ0) is 14.5. The standard InChI is InChI=1S/C13H14ClFN4O/c1-3-16-12-17-11(18-13(19-12)20-4-2)9-6-5-8(15)7-10(9)14/h5-7H,3-4H2,1-2H3,(H,16,17,18,19). The Kier molecular flexibility index (Phi) is 4.68. The Morgan fingerprint density at radius 3 is 2.70 bits per heavy atom. The highest BCUT2D eigenvalue weighted by Crippen LogP contribution is 2.27. The van der Waals surface area contributed by atoms with Crippen LogP contribution in [0.3, 0.4) is 0 Å². The van der Waals surface area contributed by atoms with Crippen molar-refractivity contribution in [3.8, 4) is 17.4 Å². The number of hydrogen-bond donors (Lipinski definition) is 1. The summed E-state index contributed by atoms with van der Waals surface area (Å²) in [6.45, 7) is 4.86. The quantitative estimate of drug-likeness (QED) is 0.918. The minimum absolute atomic E-state index is 0.203. The molecule has 106 valence electrons. The maximum absolute atomic E-state index is 13.1. The number of halogens is 2. The molecule has 0 unspecified atom stereocenters. The van der Waals surface area contributed by atoms with E-state index in [1.807, 2.05) is 13.8 Å². The van der Waals surface area contributed by atoms with Crippen LogP contribution in [-0.4, -0.2) is 28.1 Å². The van der Waals surface area contributed by atoms with Gasteiger partial charge in [-0.05, 0) is 32.0 Å². The Morgan fingerprint density at radius 1 is 1.25 bits per heavy atom. The molecule has 0 bridgehead atoms. The van der Waals surface area contributed by atoms with Crippen LogP contribution in [0.15, 0.2) is 18.2 Å². The molecular weight excluding hydrogens is 283 g/mol. The molecule has 0 radical (unpaired) electrons. The van der Waals surface area contributed by atoms with Gasteiger partial charge in [-0.2, -0.15) is 15.0 Å². The van der Waals surface area contributed by atoms with Crippen molar-refractivity contribution in [3.63, 3.8) is 0 Å². The van der Waals surface area contributed by atoms with Crippen LogP contribution in [0.4, 0.5) is 10.3 Å². The lowest BCUT2D eigenvalue weighted by molar-refractivity contribution is 0.312.